The monoisotopic (exact) mass is 428 g/mol. The zero-order valence-corrected chi connectivity index (χ0v) is 12.8. The van der Waals surface area contributed by atoms with Gasteiger partial charge >= 0.3 is 24.7 Å². The normalized spacial score (nSPS) is 16.0. The first-order chi connectivity index (χ1) is 10.1. The average Bonchev–Trinajstić information content (AvgIpc) is 2.21. The Hall–Kier alpha value is -0.200. The maximum Gasteiger partial charge on any atom is 0.426 e. The summed E-state index contributed by atoms with van der Waals surface area (Å²) in [5, 5.41) is 0. The molecule has 0 saturated carbocycles. The number of hydrogen-bond acceptors (Lipinski definition) is 2. The molecule has 0 fully saturated rings. The Morgan fingerprint density at radius 3 is 0.833 bits per heavy atom. The molecule has 0 radical (unpaired) electrons. The van der Waals surface area contributed by atoms with Crippen molar-refractivity contribution in [1.29, 1.82) is 0 Å². The van der Waals surface area contributed by atoms with E-state index in [1.54, 1.807) is 0 Å². The van der Waals surface area contributed by atoms with E-state index in [1.807, 2.05) is 0 Å². The molecular weight excluding hydrogens is 422 g/mol. The van der Waals surface area contributed by atoms with Crippen molar-refractivity contribution in [2.75, 3.05) is 0 Å². The first-order valence-corrected chi connectivity index (χ1v) is 7.29. The van der Waals surface area contributed by atoms with Gasteiger partial charge in [-0.05, 0) is 25.1 Å². The molecule has 24 heavy (non-hydrogen) atoms. The van der Waals surface area contributed by atoms with E-state index in [0.717, 1.165) is 0 Å². The van der Waals surface area contributed by atoms with E-state index in [9.17, 15) is 52.7 Å². The van der Waals surface area contributed by atoms with Crippen LogP contribution >= 0.6 is 19.0 Å². The first-order valence-electron chi connectivity index (χ1n) is 5.21. The van der Waals surface area contributed by atoms with Crippen LogP contribution in [0, 0.1) is 0 Å². The van der Waals surface area contributed by atoms with E-state index in [4.69, 9.17) is 11.2 Å². The lowest BCUT2D eigenvalue weighted by molar-refractivity contribution is -0.362. The van der Waals surface area contributed by atoms with Crippen molar-refractivity contribution in [1.82, 2.24) is 0 Å². The van der Waals surface area contributed by atoms with Crippen LogP contribution in [0.4, 0.5) is 52.7 Å². The van der Waals surface area contributed by atoms with Gasteiger partial charge in [-0.15, -0.1) is 0 Å². The van der Waals surface area contributed by atoms with Crippen LogP contribution in [0.3, 0.4) is 0 Å². The summed E-state index contributed by atoms with van der Waals surface area (Å²) < 4.78 is 156. The molecule has 0 aliphatic rings. The number of halogens is 13. The predicted molar refractivity (Wildman–Crippen MR) is 56.0 cm³/mol. The molecule has 0 atom stereocenters. The molecule has 0 aromatic carbocycles. The molecule has 0 aromatic heterocycles. The molecule has 0 bridgehead atoms. The fourth-order valence-corrected chi connectivity index (χ4v) is 2.69. The van der Waals surface area contributed by atoms with Crippen LogP contribution in [-0.2, 0) is 9.05 Å². The van der Waals surface area contributed by atoms with Gasteiger partial charge < -0.3 is 0 Å². The van der Waals surface area contributed by atoms with Gasteiger partial charge in [0.1, 0.15) is 0 Å². The highest BCUT2D eigenvalue weighted by Gasteiger charge is 2.73. The van der Waals surface area contributed by atoms with Crippen LogP contribution in [0.25, 0.3) is 0 Å². The largest absolute Gasteiger partial charge is 0.426 e. The molecule has 0 rings (SSSR count). The number of hydrogen-bond donors (Lipinski definition) is 0. The van der Waals surface area contributed by atoms with Crippen molar-refractivity contribution in [3.8, 4) is 0 Å². The molecule has 0 saturated heterocycles. The summed E-state index contributed by atoms with van der Waals surface area (Å²) in [6.07, 6.45) is -25.0. The Morgan fingerprint density at radius 2 is 0.708 bits per heavy atom. The van der Waals surface area contributed by atoms with Gasteiger partial charge in [-0.1, -0.05) is 0 Å². The van der Waals surface area contributed by atoms with Crippen molar-refractivity contribution in [3.63, 3.8) is 0 Å². The summed E-state index contributed by atoms with van der Waals surface area (Å²) in [5.41, 5.74) is -10.3. The molecule has 146 valence electrons. The zero-order chi connectivity index (χ0) is 20.0. The minimum Gasteiger partial charge on any atom is -0.296 e. The molecule has 2 nitrogen and oxygen atoms in total. The fraction of sp³-hybridized carbons (Fsp3) is 1.00. The summed E-state index contributed by atoms with van der Waals surface area (Å²) in [5.74, 6) is 0. The Morgan fingerprint density at radius 1 is 0.542 bits per heavy atom. The second-order valence-electron chi connectivity index (χ2n) is 4.45. The highest BCUT2D eigenvalue weighted by Crippen LogP contribution is 2.61. The molecule has 0 aliphatic heterocycles. The second-order valence-corrected chi connectivity index (χ2v) is 6.07. The molecule has 0 unspecified atom stereocenters. The van der Waals surface area contributed by atoms with Crippen LogP contribution < -0.4 is 0 Å². The van der Waals surface area contributed by atoms with E-state index < -0.39 is 57.5 Å². The Balaban J connectivity index is 5.69. The van der Waals surface area contributed by atoms with Crippen molar-refractivity contribution < 1.29 is 61.7 Å². The minimum atomic E-state index is -6.25. The molecule has 0 aromatic rings. The first kappa shape index (κ1) is 23.8. The molecule has 0 aliphatic carbocycles. The quantitative estimate of drug-likeness (QED) is 0.389. The lowest BCUT2D eigenvalue weighted by Crippen LogP contribution is -2.57. The van der Waals surface area contributed by atoms with Gasteiger partial charge in [-0.3, -0.25) is 9.05 Å². The maximum atomic E-state index is 12.5. The molecular formula is C8H6ClF12O2P. The van der Waals surface area contributed by atoms with Crippen LogP contribution in [0.2, 0.25) is 0 Å². The highest BCUT2D eigenvalue weighted by molar-refractivity contribution is 7.76. The van der Waals surface area contributed by atoms with Gasteiger partial charge in [0, 0.05) is 0 Å². The van der Waals surface area contributed by atoms with Gasteiger partial charge in [0.25, 0.3) is 18.9 Å². The summed E-state index contributed by atoms with van der Waals surface area (Å²) in [4.78, 5) is 0. The fourth-order valence-electron chi connectivity index (χ4n) is 0.834. The topological polar surface area (TPSA) is 18.5 Å². The Labute approximate surface area is 131 Å². The third-order valence-corrected chi connectivity index (χ3v) is 4.10. The van der Waals surface area contributed by atoms with E-state index in [1.165, 1.54) is 0 Å². The van der Waals surface area contributed by atoms with Gasteiger partial charge in [0.15, 0.2) is 0 Å². The number of rotatable bonds is 4. The predicted octanol–water partition coefficient (Wildman–Crippen LogP) is 6.25. The lowest BCUT2D eigenvalue weighted by atomic mass is 10.1. The van der Waals surface area contributed by atoms with Crippen molar-refractivity contribution in [2.24, 2.45) is 0 Å². The van der Waals surface area contributed by atoms with E-state index in [0.29, 0.717) is 0 Å². The van der Waals surface area contributed by atoms with Gasteiger partial charge in [-0.2, -0.15) is 52.7 Å². The highest BCUT2D eigenvalue weighted by atomic mass is 35.7. The smallest absolute Gasteiger partial charge is 0.296 e. The van der Waals surface area contributed by atoms with Gasteiger partial charge in [0.2, 0.25) is 0 Å². The third kappa shape index (κ3) is 4.50. The second kappa shape index (κ2) is 6.51. The van der Waals surface area contributed by atoms with Crippen LogP contribution in [0.1, 0.15) is 13.8 Å². The van der Waals surface area contributed by atoms with E-state index >= 15 is 0 Å². The Kier molecular flexibility index (Phi) is 6.45. The summed E-state index contributed by atoms with van der Waals surface area (Å²) in [6.45, 7) is -1.32. The van der Waals surface area contributed by atoms with Crippen molar-refractivity contribution in [3.05, 3.63) is 0 Å². The van der Waals surface area contributed by atoms with Crippen LogP contribution in [-0.4, -0.2) is 35.9 Å². The molecule has 0 spiro atoms. The Bertz CT molecular complexity index is 370. The standard InChI is InChI=1S/C8H6ClF12O2P/c1-3(5(10,11)12,6(13,14)15)22-24(9)23-4(2,7(16,17)18)8(19,20)21/h1-2H3. The summed E-state index contributed by atoms with van der Waals surface area (Å²) in [7, 11) is -4.42. The van der Waals surface area contributed by atoms with Gasteiger partial charge in [-0.25, -0.2) is 0 Å². The zero-order valence-electron chi connectivity index (χ0n) is 11.2. The molecule has 0 amide bonds. The molecule has 0 heterocycles. The van der Waals surface area contributed by atoms with E-state index in [-0.39, 0.29) is 0 Å². The average molecular weight is 429 g/mol. The maximum absolute atomic E-state index is 12.5. The summed E-state index contributed by atoms with van der Waals surface area (Å²) in [6, 6.07) is 0. The van der Waals surface area contributed by atoms with Crippen LogP contribution in [0.5, 0.6) is 0 Å². The minimum absolute atomic E-state index is 0.660. The summed E-state index contributed by atoms with van der Waals surface area (Å²) >= 11 is 4.69. The molecule has 0 N–H and O–H groups in total. The van der Waals surface area contributed by atoms with Crippen LogP contribution in [0.15, 0.2) is 0 Å². The van der Waals surface area contributed by atoms with Gasteiger partial charge in [0.05, 0.1) is 0 Å². The van der Waals surface area contributed by atoms with Crippen molar-refractivity contribution >= 4 is 19.0 Å². The SMILES string of the molecule is CC(OP(Cl)OC(C)(C(F)(F)F)C(F)(F)F)(C(F)(F)F)C(F)(F)F. The third-order valence-electron chi connectivity index (χ3n) is 2.67. The lowest BCUT2D eigenvalue weighted by Gasteiger charge is -2.38. The number of alkyl halides is 12. The van der Waals surface area contributed by atoms with E-state index in [2.05, 4.69) is 9.05 Å². The van der Waals surface area contributed by atoms with Crippen molar-refractivity contribution in [2.45, 2.75) is 49.8 Å². The molecule has 16 heteroatoms.